The Balaban J connectivity index is 2.31. The van der Waals surface area contributed by atoms with Crippen LogP contribution in [0.1, 0.15) is 26.2 Å². The van der Waals surface area contributed by atoms with E-state index in [0.29, 0.717) is 11.8 Å². The molecule has 2 aliphatic carbocycles. The van der Waals surface area contributed by atoms with Crippen molar-refractivity contribution in [3.63, 3.8) is 0 Å². The molecule has 0 spiro atoms. The lowest BCUT2D eigenvalue weighted by atomic mass is 9.80. The highest BCUT2D eigenvalue weighted by molar-refractivity contribution is 5.94. The molecule has 0 amide bonds. The molecule has 0 radical (unpaired) electrons. The first-order chi connectivity index (χ1) is 6.72. The van der Waals surface area contributed by atoms with Crippen LogP contribution in [-0.2, 0) is 9.53 Å². The predicted molar refractivity (Wildman–Crippen MR) is 54.7 cm³/mol. The van der Waals surface area contributed by atoms with Gasteiger partial charge in [0.15, 0.2) is 0 Å². The molecule has 0 heterocycles. The first kappa shape index (κ1) is 9.50. The van der Waals surface area contributed by atoms with Gasteiger partial charge in [0.05, 0.1) is 12.7 Å². The zero-order valence-electron chi connectivity index (χ0n) is 8.75. The molecule has 0 saturated carbocycles. The van der Waals surface area contributed by atoms with Crippen molar-refractivity contribution in [3.05, 3.63) is 23.3 Å². The van der Waals surface area contributed by atoms with Gasteiger partial charge in [0.1, 0.15) is 0 Å². The lowest BCUT2D eigenvalue weighted by molar-refractivity contribution is -0.136. The predicted octanol–water partition coefficient (Wildman–Crippen LogP) is 2.46. The highest BCUT2D eigenvalue weighted by atomic mass is 16.5. The van der Waals surface area contributed by atoms with Crippen molar-refractivity contribution in [1.82, 2.24) is 0 Å². The van der Waals surface area contributed by atoms with E-state index in [2.05, 4.69) is 19.1 Å². The first-order valence-electron chi connectivity index (χ1n) is 5.23. The third-order valence-electron chi connectivity index (χ3n) is 3.14. The summed E-state index contributed by atoms with van der Waals surface area (Å²) in [6, 6.07) is 0. The highest BCUT2D eigenvalue weighted by Crippen LogP contribution is 2.40. The van der Waals surface area contributed by atoms with Gasteiger partial charge in [0.25, 0.3) is 0 Å². The lowest BCUT2D eigenvalue weighted by Gasteiger charge is -2.25. The van der Waals surface area contributed by atoms with Gasteiger partial charge >= 0.3 is 5.97 Å². The molecule has 2 nitrogen and oxygen atoms in total. The third kappa shape index (κ3) is 1.49. The Labute approximate surface area is 84.6 Å². The smallest absolute Gasteiger partial charge is 0.337 e. The van der Waals surface area contributed by atoms with Crippen LogP contribution in [0.2, 0.25) is 0 Å². The van der Waals surface area contributed by atoms with Gasteiger partial charge in [-0.15, -0.1) is 0 Å². The normalized spacial score (nSPS) is 30.4. The van der Waals surface area contributed by atoms with Crippen LogP contribution in [0.4, 0.5) is 0 Å². The van der Waals surface area contributed by atoms with Crippen LogP contribution < -0.4 is 0 Å². The maximum Gasteiger partial charge on any atom is 0.337 e. The Morgan fingerprint density at radius 2 is 2.36 bits per heavy atom. The molecule has 2 aliphatic rings. The van der Waals surface area contributed by atoms with Gasteiger partial charge in [-0.2, -0.15) is 0 Å². The summed E-state index contributed by atoms with van der Waals surface area (Å²) >= 11 is 0. The summed E-state index contributed by atoms with van der Waals surface area (Å²) in [5.74, 6) is 0.933. The van der Waals surface area contributed by atoms with Crippen molar-refractivity contribution in [1.29, 1.82) is 0 Å². The van der Waals surface area contributed by atoms with E-state index in [1.807, 2.05) is 0 Å². The van der Waals surface area contributed by atoms with Gasteiger partial charge in [-0.3, -0.25) is 0 Å². The summed E-state index contributed by atoms with van der Waals surface area (Å²) in [5.41, 5.74) is 2.05. The molecule has 76 valence electrons. The van der Waals surface area contributed by atoms with Gasteiger partial charge in [0.2, 0.25) is 0 Å². The Morgan fingerprint density at radius 1 is 1.57 bits per heavy atom. The van der Waals surface area contributed by atoms with Crippen LogP contribution in [0.3, 0.4) is 0 Å². The maximum atomic E-state index is 11.5. The molecule has 0 bridgehead atoms. The van der Waals surface area contributed by atoms with E-state index in [0.717, 1.165) is 12.0 Å². The number of esters is 1. The number of methoxy groups -OCH3 is 1. The summed E-state index contributed by atoms with van der Waals surface area (Å²) < 4.78 is 4.80. The zero-order valence-corrected chi connectivity index (χ0v) is 8.75. The Morgan fingerprint density at radius 3 is 3.07 bits per heavy atom. The standard InChI is InChI=1S/C12H16O2/c1-8-6-9-4-3-5-10(9)11(7-8)12(13)14-2/h5,7-9H,3-4,6H2,1-2H3/t8-,9+/m1/s1. The molecule has 0 fully saturated rings. The van der Waals surface area contributed by atoms with Crippen LogP contribution in [-0.4, -0.2) is 13.1 Å². The molecule has 14 heavy (non-hydrogen) atoms. The molecular formula is C12H16O2. The highest BCUT2D eigenvalue weighted by Gasteiger charge is 2.31. The fourth-order valence-electron chi connectivity index (χ4n) is 2.53. The van der Waals surface area contributed by atoms with Crippen molar-refractivity contribution in [2.75, 3.05) is 7.11 Å². The molecule has 0 aromatic carbocycles. The average molecular weight is 192 g/mol. The van der Waals surface area contributed by atoms with Gasteiger partial charge in [-0.25, -0.2) is 4.79 Å². The van der Waals surface area contributed by atoms with E-state index in [9.17, 15) is 4.79 Å². The molecule has 0 aliphatic heterocycles. The number of carbonyl (C=O) groups is 1. The van der Waals surface area contributed by atoms with E-state index in [1.54, 1.807) is 0 Å². The summed E-state index contributed by atoms with van der Waals surface area (Å²) in [7, 11) is 1.45. The monoisotopic (exact) mass is 192 g/mol. The molecule has 2 rings (SSSR count). The molecule has 0 unspecified atom stereocenters. The number of rotatable bonds is 1. The second kappa shape index (κ2) is 3.60. The minimum atomic E-state index is -0.172. The minimum Gasteiger partial charge on any atom is -0.465 e. The fourth-order valence-corrected chi connectivity index (χ4v) is 2.53. The van der Waals surface area contributed by atoms with E-state index < -0.39 is 0 Å². The second-order valence-corrected chi connectivity index (χ2v) is 4.22. The zero-order chi connectivity index (χ0) is 10.1. The maximum absolute atomic E-state index is 11.5. The van der Waals surface area contributed by atoms with E-state index in [1.165, 1.54) is 25.5 Å². The first-order valence-corrected chi connectivity index (χ1v) is 5.23. The van der Waals surface area contributed by atoms with Crippen LogP contribution in [0.25, 0.3) is 0 Å². The number of hydrogen-bond acceptors (Lipinski definition) is 2. The van der Waals surface area contributed by atoms with Crippen LogP contribution in [0.5, 0.6) is 0 Å². The number of fused-ring (bicyclic) bond motifs is 1. The van der Waals surface area contributed by atoms with E-state index in [4.69, 9.17) is 4.74 Å². The van der Waals surface area contributed by atoms with Crippen LogP contribution in [0, 0.1) is 11.8 Å². The minimum absolute atomic E-state index is 0.172. The second-order valence-electron chi connectivity index (χ2n) is 4.22. The SMILES string of the molecule is COC(=O)C1=C[C@H](C)C[C@@H]2CCC=C12. The van der Waals surface area contributed by atoms with Gasteiger partial charge < -0.3 is 4.74 Å². The molecule has 2 heteroatoms. The van der Waals surface area contributed by atoms with Crippen molar-refractivity contribution in [3.8, 4) is 0 Å². The summed E-state index contributed by atoms with van der Waals surface area (Å²) in [5, 5.41) is 0. The average Bonchev–Trinajstić information content (AvgIpc) is 2.62. The summed E-state index contributed by atoms with van der Waals surface area (Å²) in [6.45, 7) is 2.16. The molecule has 0 aromatic heterocycles. The molecule has 0 aromatic rings. The van der Waals surface area contributed by atoms with Crippen molar-refractivity contribution < 1.29 is 9.53 Å². The summed E-state index contributed by atoms with van der Waals surface area (Å²) in [6.07, 6.45) is 7.75. The molecule has 2 atom stereocenters. The molecule has 0 saturated heterocycles. The van der Waals surface area contributed by atoms with Crippen molar-refractivity contribution in [2.45, 2.75) is 26.2 Å². The Bertz CT molecular complexity index is 312. The third-order valence-corrected chi connectivity index (χ3v) is 3.14. The van der Waals surface area contributed by atoms with Gasteiger partial charge in [-0.1, -0.05) is 19.1 Å². The number of allylic oxidation sites excluding steroid dienone is 2. The Kier molecular flexibility index (Phi) is 2.44. The Hall–Kier alpha value is -1.05. The summed E-state index contributed by atoms with van der Waals surface area (Å²) in [4.78, 5) is 11.5. The van der Waals surface area contributed by atoms with Gasteiger partial charge in [0, 0.05) is 0 Å². The van der Waals surface area contributed by atoms with Gasteiger partial charge in [-0.05, 0) is 36.7 Å². The quantitative estimate of drug-likeness (QED) is 0.596. The molecular weight excluding hydrogens is 176 g/mol. The fraction of sp³-hybridized carbons (Fsp3) is 0.583. The largest absolute Gasteiger partial charge is 0.465 e. The number of carbonyl (C=O) groups excluding carboxylic acids is 1. The van der Waals surface area contributed by atoms with Crippen molar-refractivity contribution >= 4 is 5.97 Å². The van der Waals surface area contributed by atoms with Crippen molar-refractivity contribution in [2.24, 2.45) is 11.8 Å². The van der Waals surface area contributed by atoms with E-state index >= 15 is 0 Å². The topological polar surface area (TPSA) is 26.3 Å². The number of ether oxygens (including phenoxy) is 1. The van der Waals surface area contributed by atoms with Crippen LogP contribution in [0.15, 0.2) is 23.3 Å². The lowest BCUT2D eigenvalue weighted by Crippen LogP contribution is -2.18. The molecule has 0 N–H and O–H groups in total. The van der Waals surface area contributed by atoms with E-state index in [-0.39, 0.29) is 5.97 Å². The van der Waals surface area contributed by atoms with Crippen LogP contribution >= 0.6 is 0 Å². The number of hydrogen-bond donors (Lipinski definition) is 0.